The van der Waals surface area contributed by atoms with Gasteiger partial charge in [0.05, 0.1) is 16.6 Å². The molecule has 0 spiro atoms. The third-order valence-corrected chi connectivity index (χ3v) is 8.65. The zero-order chi connectivity index (χ0) is 36.8. The molecule has 1 aliphatic rings. The van der Waals surface area contributed by atoms with E-state index < -0.39 is 75.0 Å². The third-order valence-electron chi connectivity index (χ3n) is 6.95. The van der Waals surface area contributed by atoms with Crippen molar-refractivity contribution in [2.75, 3.05) is 10.2 Å². The Morgan fingerprint density at radius 2 is 1.39 bits per heavy atom. The summed E-state index contributed by atoms with van der Waals surface area (Å²) < 4.78 is 39.3. The molecule has 0 bridgehead atoms. The molecule has 0 heterocycles. The molecule has 1 fully saturated rings. The van der Waals surface area contributed by atoms with Gasteiger partial charge in [-0.25, -0.2) is 18.4 Å². The van der Waals surface area contributed by atoms with Crippen LogP contribution >= 0.6 is 58.0 Å². The molecule has 8 nitrogen and oxygen atoms in total. The predicted molar refractivity (Wildman–Crippen MR) is 187 cm³/mol. The predicted octanol–water partition coefficient (Wildman–Crippen LogP) is 10.6. The van der Waals surface area contributed by atoms with Crippen molar-refractivity contribution >= 4 is 93.3 Å². The zero-order valence-electron chi connectivity index (χ0n) is 27.0. The van der Waals surface area contributed by atoms with E-state index in [0.717, 1.165) is 6.07 Å². The highest BCUT2D eigenvalue weighted by atomic mass is 35.5. The van der Waals surface area contributed by atoms with Gasteiger partial charge in [0.1, 0.15) is 21.4 Å². The van der Waals surface area contributed by atoms with E-state index in [1.54, 1.807) is 12.1 Å². The summed E-state index contributed by atoms with van der Waals surface area (Å²) in [5.74, 6) is -5.33. The Morgan fingerprint density at radius 3 is 1.92 bits per heavy atom. The van der Waals surface area contributed by atoms with Crippen LogP contribution in [0.15, 0.2) is 48.5 Å². The Labute approximate surface area is 306 Å². The molecule has 0 aliphatic heterocycles. The number of imide groups is 1. The third kappa shape index (κ3) is 9.35. The second kappa shape index (κ2) is 14.2. The number of ether oxygens (including phenoxy) is 2. The quantitative estimate of drug-likeness (QED) is 0.189. The number of alkyl halides is 2. The van der Waals surface area contributed by atoms with Gasteiger partial charge in [-0.05, 0) is 95.1 Å². The van der Waals surface area contributed by atoms with Crippen LogP contribution in [0.1, 0.15) is 68.9 Å². The summed E-state index contributed by atoms with van der Waals surface area (Å²) >= 11 is 31.5. The maximum absolute atomic E-state index is 15.5. The van der Waals surface area contributed by atoms with Gasteiger partial charge in [-0.2, -0.15) is 4.90 Å². The Bertz CT molecular complexity index is 1790. The maximum atomic E-state index is 15.5. The molecular weight excluding hydrogens is 748 g/mol. The number of ketones is 1. The molecule has 0 saturated heterocycles. The second-order valence-electron chi connectivity index (χ2n) is 13.3. The lowest BCUT2D eigenvalue weighted by atomic mass is 10.00. The normalized spacial score (nSPS) is 16.8. The largest absolute Gasteiger partial charge is 0.443 e. The fourth-order valence-corrected chi connectivity index (χ4v) is 6.60. The minimum absolute atomic E-state index is 0.0560. The Balaban J connectivity index is 1.65. The number of carbonyl (C=O) groups is 4. The molecule has 0 unspecified atom stereocenters. The molecule has 2 atom stereocenters. The van der Waals surface area contributed by atoms with Gasteiger partial charge >= 0.3 is 12.2 Å². The SMILES string of the molecule is CC(C)(C)OC(=O)N(C(=O)OC(C)(C)C)c1c(F)cc(F)cc1CC(=O)c1cc(NC(=O)[C@H]2[C@H](c3cc(Cl)cc(Cl)c3)C2(Cl)Cl)ccc1Cl. The molecule has 0 aromatic heterocycles. The van der Waals surface area contributed by atoms with E-state index >= 15 is 4.39 Å². The fraction of sp³-hybridized carbons (Fsp3) is 0.353. The van der Waals surface area contributed by atoms with Crippen molar-refractivity contribution in [1.29, 1.82) is 0 Å². The van der Waals surface area contributed by atoms with Crippen molar-refractivity contribution in [3.05, 3.63) is 91.9 Å². The van der Waals surface area contributed by atoms with Gasteiger partial charge in [0, 0.05) is 39.7 Å². The van der Waals surface area contributed by atoms with Gasteiger partial charge in [-0.3, -0.25) is 9.59 Å². The topological polar surface area (TPSA) is 102 Å². The summed E-state index contributed by atoms with van der Waals surface area (Å²) in [6, 6.07) is 9.98. The number of nitrogens with one attached hydrogen (secondary N) is 1. The molecule has 1 saturated carbocycles. The summed E-state index contributed by atoms with van der Waals surface area (Å²) in [5, 5.41) is 3.27. The van der Waals surface area contributed by atoms with Crippen LogP contribution in [0.5, 0.6) is 0 Å². The molecule has 0 radical (unpaired) electrons. The van der Waals surface area contributed by atoms with E-state index in [9.17, 15) is 23.6 Å². The van der Waals surface area contributed by atoms with Crippen molar-refractivity contribution in [1.82, 2.24) is 0 Å². The number of benzene rings is 3. The molecule has 3 amide bonds. The van der Waals surface area contributed by atoms with Gasteiger partial charge in [0.2, 0.25) is 5.91 Å². The van der Waals surface area contributed by atoms with Crippen molar-refractivity contribution in [3.8, 4) is 0 Å². The number of anilines is 2. The molecule has 4 rings (SSSR count). The summed E-state index contributed by atoms with van der Waals surface area (Å²) in [5.41, 5.74) is -2.85. The van der Waals surface area contributed by atoms with E-state index in [-0.39, 0.29) is 26.7 Å². The van der Waals surface area contributed by atoms with Crippen molar-refractivity contribution in [3.63, 3.8) is 0 Å². The number of Topliss-reactive ketones (excluding diaryl/α,β-unsaturated/α-hetero) is 1. The van der Waals surface area contributed by atoms with Crippen molar-refractivity contribution < 1.29 is 37.4 Å². The fourth-order valence-electron chi connectivity index (χ4n) is 5.00. The highest BCUT2D eigenvalue weighted by molar-refractivity contribution is 6.53. The minimum atomic E-state index is -1.48. The highest BCUT2D eigenvalue weighted by Crippen LogP contribution is 2.65. The number of amides is 3. The molecule has 1 aliphatic carbocycles. The lowest BCUT2D eigenvalue weighted by Gasteiger charge is -2.29. The Hall–Kier alpha value is -3.15. The van der Waals surface area contributed by atoms with E-state index in [0.29, 0.717) is 21.7 Å². The summed E-state index contributed by atoms with van der Waals surface area (Å²) in [6.07, 6.45) is -3.38. The number of hydrogen-bond donors (Lipinski definition) is 1. The average Bonchev–Trinajstić information content (AvgIpc) is 3.50. The lowest BCUT2D eigenvalue weighted by Crippen LogP contribution is -2.44. The molecule has 3 aromatic carbocycles. The smallest absolute Gasteiger partial charge is 0.424 e. The zero-order valence-corrected chi connectivity index (χ0v) is 30.8. The van der Waals surface area contributed by atoms with Crippen LogP contribution in [0.4, 0.5) is 29.7 Å². The summed E-state index contributed by atoms with van der Waals surface area (Å²) in [7, 11) is 0. The lowest BCUT2D eigenvalue weighted by molar-refractivity contribution is -0.117. The Kier molecular flexibility index (Phi) is 11.2. The van der Waals surface area contributed by atoms with Crippen molar-refractivity contribution in [2.45, 2.75) is 69.4 Å². The van der Waals surface area contributed by atoms with Crippen LogP contribution < -0.4 is 10.2 Å². The molecule has 3 aromatic rings. The first kappa shape index (κ1) is 38.6. The average molecular weight is 779 g/mol. The maximum Gasteiger partial charge on any atom is 0.424 e. The molecular formula is C34H31Cl5F2N2O6. The highest BCUT2D eigenvalue weighted by Gasteiger charge is 2.67. The number of nitrogens with zero attached hydrogens (tertiary/aromatic N) is 1. The number of halogens is 7. The molecule has 15 heteroatoms. The van der Waals surface area contributed by atoms with E-state index in [1.165, 1.54) is 65.8 Å². The molecule has 1 N–H and O–H groups in total. The van der Waals surface area contributed by atoms with E-state index in [1.807, 2.05) is 0 Å². The first-order valence-corrected chi connectivity index (χ1v) is 16.6. The van der Waals surface area contributed by atoms with Gasteiger partial charge in [-0.15, -0.1) is 23.2 Å². The first-order valence-electron chi connectivity index (χ1n) is 14.7. The van der Waals surface area contributed by atoms with Crippen LogP contribution in [-0.4, -0.2) is 39.4 Å². The number of hydrogen-bond acceptors (Lipinski definition) is 6. The van der Waals surface area contributed by atoms with Crippen LogP contribution in [-0.2, 0) is 20.7 Å². The van der Waals surface area contributed by atoms with Crippen LogP contribution in [0, 0.1) is 17.6 Å². The van der Waals surface area contributed by atoms with Crippen LogP contribution in [0.3, 0.4) is 0 Å². The number of rotatable bonds is 7. The Morgan fingerprint density at radius 1 is 0.837 bits per heavy atom. The second-order valence-corrected chi connectivity index (χ2v) is 16.0. The van der Waals surface area contributed by atoms with Gasteiger partial charge in [0.15, 0.2) is 11.6 Å². The van der Waals surface area contributed by atoms with E-state index in [4.69, 9.17) is 67.5 Å². The standard InChI is InChI=1S/C34H31Cl5F2N2O6/c1-32(2,3)48-30(46)43(31(47)49-33(4,5)6)28-17(11-20(40)14-24(28)41)12-25(44)22-15-21(7-8-23(22)37)42-29(45)27-26(34(27,38)39)16-9-18(35)13-19(36)10-16/h7-11,13-15,26-27H,12H2,1-6H3,(H,42,45)/t26-,27+/m0/s1. The number of carbonyl (C=O) groups excluding carboxylic acids is 4. The minimum Gasteiger partial charge on any atom is -0.443 e. The first-order chi connectivity index (χ1) is 22.5. The monoisotopic (exact) mass is 776 g/mol. The van der Waals surface area contributed by atoms with Gasteiger partial charge in [-0.1, -0.05) is 34.8 Å². The van der Waals surface area contributed by atoms with Gasteiger partial charge < -0.3 is 14.8 Å². The van der Waals surface area contributed by atoms with Crippen LogP contribution in [0.25, 0.3) is 0 Å². The van der Waals surface area contributed by atoms with Crippen molar-refractivity contribution in [2.24, 2.45) is 5.92 Å². The van der Waals surface area contributed by atoms with E-state index in [2.05, 4.69) is 5.32 Å². The summed E-state index contributed by atoms with van der Waals surface area (Å²) in [6.45, 7) is 9.13. The molecule has 49 heavy (non-hydrogen) atoms. The van der Waals surface area contributed by atoms with Crippen LogP contribution in [0.2, 0.25) is 15.1 Å². The van der Waals surface area contributed by atoms with Gasteiger partial charge in [0.25, 0.3) is 0 Å². The molecule has 262 valence electrons. The summed E-state index contributed by atoms with van der Waals surface area (Å²) in [4.78, 5) is 53.7.